The number of carbonyl (C=O) groups is 1. The van der Waals surface area contributed by atoms with E-state index in [0.29, 0.717) is 5.92 Å². The molecule has 0 saturated heterocycles. The van der Waals surface area contributed by atoms with E-state index in [9.17, 15) is 4.79 Å². The van der Waals surface area contributed by atoms with Gasteiger partial charge in [-0.2, -0.15) is 0 Å². The van der Waals surface area contributed by atoms with Crippen molar-refractivity contribution in [2.75, 3.05) is 14.2 Å². The Hall–Kier alpha value is -2.23. The lowest BCUT2D eigenvalue weighted by atomic mass is 9.99. The van der Waals surface area contributed by atoms with Crippen LogP contribution >= 0.6 is 0 Å². The zero-order valence-electron chi connectivity index (χ0n) is 12.5. The summed E-state index contributed by atoms with van der Waals surface area (Å²) in [5.74, 6) is 2.02. The average Bonchev–Trinajstić information content (AvgIpc) is 3.23. The lowest BCUT2D eigenvalue weighted by molar-refractivity contribution is -0.119. The molecular formula is C17H19NO3. The normalized spacial score (nSPS) is 20.1. The zero-order chi connectivity index (χ0) is 15.0. The van der Waals surface area contributed by atoms with Gasteiger partial charge in [-0.25, -0.2) is 0 Å². The van der Waals surface area contributed by atoms with Gasteiger partial charge in [-0.15, -0.1) is 0 Å². The smallest absolute Gasteiger partial charge is 0.217 e. The van der Waals surface area contributed by atoms with Gasteiger partial charge < -0.3 is 14.8 Å². The highest BCUT2D eigenvalue weighted by molar-refractivity contribution is 5.90. The molecule has 4 heteroatoms. The highest BCUT2D eigenvalue weighted by Gasteiger charge is 2.41. The third-order valence-corrected chi connectivity index (χ3v) is 4.00. The number of benzene rings is 2. The number of methoxy groups -OCH3 is 2. The van der Waals surface area contributed by atoms with Crippen molar-refractivity contribution < 1.29 is 14.3 Å². The fourth-order valence-corrected chi connectivity index (χ4v) is 2.92. The average molecular weight is 285 g/mol. The molecule has 2 unspecified atom stereocenters. The van der Waals surface area contributed by atoms with Crippen molar-refractivity contribution in [3.63, 3.8) is 0 Å². The van der Waals surface area contributed by atoms with E-state index in [0.717, 1.165) is 34.3 Å². The van der Waals surface area contributed by atoms with Gasteiger partial charge in [0.15, 0.2) is 0 Å². The van der Waals surface area contributed by atoms with Gasteiger partial charge in [-0.3, -0.25) is 4.79 Å². The first-order valence-corrected chi connectivity index (χ1v) is 7.05. The van der Waals surface area contributed by atoms with E-state index in [1.54, 1.807) is 21.1 Å². The molecule has 3 rings (SSSR count). The quantitative estimate of drug-likeness (QED) is 0.939. The number of ether oxygens (including phenoxy) is 2. The van der Waals surface area contributed by atoms with Crippen LogP contribution in [0.3, 0.4) is 0 Å². The fraction of sp³-hybridized carbons (Fsp3) is 0.353. The molecule has 110 valence electrons. The maximum absolute atomic E-state index is 11.2. The summed E-state index contributed by atoms with van der Waals surface area (Å²) in [5.41, 5.74) is 1.16. The van der Waals surface area contributed by atoms with Gasteiger partial charge in [0.05, 0.1) is 14.2 Å². The van der Waals surface area contributed by atoms with Crippen LogP contribution in [0.15, 0.2) is 30.3 Å². The molecule has 2 atom stereocenters. The van der Waals surface area contributed by atoms with Gasteiger partial charge >= 0.3 is 0 Å². The molecule has 21 heavy (non-hydrogen) atoms. The first-order valence-electron chi connectivity index (χ1n) is 7.05. The molecule has 1 N–H and O–H groups in total. The van der Waals surface area contributed by atoms with E-state index in [1.165, 1.54) is 0 Å². The van der Waals surface area contributed by atoms with E-state index in [1.807, 2.05) is 30.3 Å². The number of rotatable bonds is 4. The van der Waals surface area contributed by atoms with Crippen LogP contribution in [0.25, 0.3) is 10.8 Å². The van der Waals surface area contributed by atoms with Gasteiger partial charge in [0.25, 0.3) is 0 Å². The summed E-state index contributed by atoms with van der Waals surface area (Å²) in [6.07, 6.45) is 0.951. The molecule has 4 nitrogen and oxygen atoms in total. The molecule has 1 fully saturated rings. The molecule has 0 aliphatic heterocycles. The summed E-state index contributed by atoms with van der Waals surface area (Å²) < 4.78 is 10.9. The van der Waals surface area contributed by atoms with Crippen LogP contribution in [0, 0.1) is 0 Å². The molecule has 1 amide bonds. The summed E-state index contributed by atoms with van der Waals surface area (Å²) in [7, 11) is 3.35. The van der Waals surface area contributed by atoms with Gasteiger partial charge in [-0.05, 0) is 35.4 Å². The summed E-state index contributed by atoms with van der Waals surface area (Å²) in [6.45, 7) is 1.55. The van der Waals surface area contributed by atoms with Crippen LogP contribution in [0.2, 0.25) is 0 Å². The molecule has 0 heterocycles. The van der Waals surface area contributed by atoms with Crippen LogP contribution < -0.4 is 14.8 Å². The summed E-state index contributed by atoms with van der Waals surface area (Å²) in [6, 6.07) is 10.3. The van der Waals surface area contributed by atoms with Crippen molar-refractivity contribution in [3.05, 3.63) is 35.9 Å². The molecule has 2 aromatic rings. The number of hydrogen-bond acceptors (Lipinski definition) is 3. The lowest BCUT2D eigenvalue weighted by Gasteiger charge is -2.13. The van der Waals surface area contributed by atoms with Crippen molar-refractivity contribution in [1.82, 2.24) is 5.32 Å². The second-order valence-corrected chi connectivity index (χ2v) is 5.42. The highest BCUT2D eigenvalue weighted by atomic mass is 16.5. The van der Waals surface area contributed by atoms with Crippen LogP contribution in [0.4, 0.5) is 0 Å². The third kappa shape index (κ3) is 2.53. The summed E-state index contributed by atoms with van der Waals surface area (Å²) in [4.78, 5) is 11.2. The van der Waals surface area contributed by atoms with Crippen molar-refractivity contribution in [1.29, 1.82) is 0 Å². The Bertz CT molecular complexity index is 690. The first-order chi connectivity index (χ1) is 10.1. The SMILES string of the molecule is COc1ccc2ccc(OC)c(C3CC3NC(C)=O)c2c1. The number of amides is 1. The number of hydrogen-bond donors (Lipinski definition) is 1. The molecule has 0 radical (unpaired) electrons. The van der Waals surface area contributed by atoms with Crippen molar-refractivity contribution in [2.45, 2.75) is 25.3 Å². The van der Waals surface area contributed by atoms with E-state index in [2.05, 4.69) is 5.32 Å². The Morgan fingerprint density at radius 3 is 2.62 bits per heavy atom. The molecule has 2 aromatic carbocycles. The van der Waals surface area contributed by atoms with Gasteiger partial charge in [0.1, 0.15) is 11.5 Å². The van der Waals surface area contributed by atoms with E-state index in [4.69, 9.17) is 9.47 Å². The van der Waals surface area contributed by atoms with Gasteiger partial charge in [0.2, 0.25) is 5.91 Å². The molecule has 1 aliphatic carbocycles. The van der Waals surface area contributed by atoms with E-state index < -0.39 is 0 Å². The molecule has 0 spiro atoms. The Labute approximate surface area is 124 Å². The maximum Gasteiger partial charge on any atom is 0.217 e. The van der Waals surface area contributed by atoms with Gasteiger partial charge in [-0.1, -0.05) is 12.1 Å². The Kier molecular flexibility index (Phi) is 3.45. The van der Waals surface area contributed by atoms with Gasteiger partial charge in [0, 0.05) is 24.4 Å². The maximum atomic E-state index is 11.2. The largest absolute Gasteiger partial charge is 0.497 e. The Morgan fingerprint density at radius 1 is 1.19 bits per heavy atom. The predicted octanol–water partition coefficient (Wildman–Crippen LogP) is 2.85. The lowest BCUT2D eigenvalue weighted by Crippen LogP contribution is -2.23. The van der Waals surface area contributed by atoms with Crippen LogP contribution in [-0.2, 0) is 4.79 Å². The second kappa shape index (κ2) is 5.28. The monoisotopic (exact) mass is 285 g/mol. The molecule has 0 aromatic heterocycles. The molecule has 1 saturated carbocycles. The number of fused-ring (bicyclic) bond motifs is 1. The topological polar surface area (TPSA) is 47.6 Å². The van der Waals surface area contributed by atoms with E-state index >= 15 is 0 Å². The molecule has 0 bridgehead atoms. The zero-order valence-corrected chi connectivity index (χ0v) is 12.5. The van der Waals surface area contributed by atoms with Crippen molar-refractivity contribution in [3.8, 4) is 11.5 Å². The number of nitrogens with one attached hydrogen (secondary N) is 1. The minimum absolute atomic E-state index is 0.0132. The fourth-order valence-electron chi connectivity index (χ4n) is 2.92. The third-order valence-electron chi connectivity index (χ3n) is 4.00. The summed E-state index contributed by atoms with van der Waals surface area (Å²) >= 11 is 0. The molecular weight excluding hydrogens is 266 g/mol. The second-order valence-electron chi connectivity index (χ2n) is 5.42. The van der Waals surface area contributed by atoms with Crippen LogP contribution in [0.5, 0.6) is 11.5 Å². The first kappa shape index (κ1) is 13.7. The van der Waals surface area contributed by atoms with Crippen molar-refractivity contribution in [2.24, 2.45) is 0 Å². The van der Waals surface area contributed by atoms with Crippen LogP contribution in [0.1, 0.15) is 24.8 Å². The minimum Gasteiger partial charge on any atom is -0.497 e. The van der Waals surface area contributed by atoms with Crippen molar-refractivity contribution >= 4 is 16.7 Å². The van der Waals surface area contributed by atoms with E-state index in [-0.39, 0.29) is 11.9 Å². The van der Waals surface area contributed by atoms with Crippen LogP contribution in [-0.4, -0.2) is 26.2 Å². The predicted molar refractivity (Wildman–Crippen MR) is 82.0 cm³/mol. The molecule has 1 aliphatic rings. The standard InChI is InChI=1S/C17H19NO3/c1-10(19)18-15-9-14(15)17-13-8-12(20-2)6-4-11(13)5-7-16(17)21-3/h4-8,14-15H,9H2,1-3H3,(H,18,19). The Morgan fingerprint density at radius 2 is 1.95 bits per heavy atom. The minimum atomic E-state index is 0.0132. The summed E-state index contributed by atoms with van der Waals surface area (Å²) in [5, 5.41) is 5.27. The number of carbonyl (C=O) groups excluding carboxylic acids is 1. The Balaban J connectivity index is 2.08. The highest BCUT2D eigenvalue weighted by Crippen LogP contribution is 2.48.